The average Bonchev–Trinajstić information content (AvgIpc) is 3.16. The molecule has 4 nitrogen and oxygen atoms in total. The molecule has 1 saturated heterocycles. The van der Waals surface area contributed by atoms with E-state index < -0.39 is 0 Å². The number of hydrogen-bond donors (Lipinski definition) is 2. The van der Waals surface area contributed by atoms with Crippen LogP contribution in [0.15, 0.2) is 0 Å². The van der Waals surface area contributed by atoms with E-state index in [2.05, 4.69) is 17.1 Å². The van der Waals surface area contributed by atoms with Crippen LogP contribution in [0, 0.1) is 5.92 Å². The number of nitrogens with two attached hydrogens (primary N) is 1. The molecule has 2 rings (SSSR count). The maximum Gasteiger partial charge on any atom is 0.221 e. The van der Waals surface area contributed by atoms with E-state index in [1.807, 2.05) is 0 Å². The minimum absolute atomic E-state index is 0.0881. The lowest BCUT2D eigenvalue weighted by atomic mass is 10.0. The van der Waals surface area contributed by atoms with Gasteiger partial charge in [0, 0.05) is 31.6 Å². The van der Waals surface area contributed by atoms with Crippen LogP contribution >= 0.6 is 0 Å². The van der Waals surface area contributed by atoms with Crippen LogP contribution in [0.1, 0.15) is 45.4 Å². The van der Waals surface area contributed by atoms with E-state index in [0.717, 1.165) is 25.9 Å². The lowest BCUT2D eigenvalue weighted by Crippen LogP contribution is -2.46. The Morgan fingerprint density at radius 3 is 2.56 bits per heavy atom. The van der Waals surface area contributed by atoms with E-state index in [4.69, 9.17) is 5.73 Å². The number of nitrogens with zero attached hydrogens (tertiary/aromatic N) is 1. The third kappa shape index (κ3) is 4.25. The lowest BCUT2D eigenvalue weighted by molar-refractivity contribution is -0.122. The van der Waals surface area contributed by atoms with Crippen LogP contribution < -0.4 is 11.1 Å². The van der Waals surface area contributed by atoms with Crippen molar-refractivity contribution in [1.82, 2.24) is 10.2 Å². The van der Waals surface area contributed by atoms with Gasteiger partial charge >= 0.3 is 0 Å². The highest BCUT2D eigenvalue weighted by molar-refractivity contribution is 5.77. The van der Waals surface area contributed by atoms with Gasteiger partial charge in [0.2, 0.25) is 5.91 Å². The Morgan fingerprint density at radius 1 is 1.33 bits per heavy atom. The van der Waals surface area contributed by atoms with Gasteiger partial charge in [-0.1, -0.05) is 6.92 Å². The first-order chi connectivity index (χ1) is 8.69. The molecule has 3 N–H and O–H groups in total. The molecule has 1 heterocycles. The van der Waals surface area contributed by atoms with E-state index >= 15 is 0 Å². The molecule has 1 saturated carbocycles. The summed E-state index contributed by atoms with van der Waals surface area (Å²) in [6.07, 6.45) is 6.33. The van der Waals surface area contributed by atoms with Gasteiger partial charge in [-0.3, -0.25) is 4.79 Å². The largest absolute Gasteiger partial charge is 0.353 e. The molecule has 0 aromatic rings. The number of rotatable bonds is 6. The molecule has 18 heavy (non-hydrogen) atoms. The van der Waals surface area contributed by atoms with Gasteiger partial charge < -0.3 is 16.0 Å². The first-order valence-electron chi connectivity index (χ1n) is 7.46. The predicted octanol–water partition coefficient (Wildman–Crippen LogP) is 1.10. The fraction of sp³-hybridized carbons (Fsp3) is 0.929. The summed E-state index contributed by atoms with van der Waals surface area (Å²) >= 11 is 0. The molecule has 0 aromatic carbocycles. The van der Waals surface area contributed by atoms with E-state index in [1.165, 1.54) is 25.8 Å². The summed E-state index contributed by atoms with van der Waals surface area (Å²) in [5.74, 6) is 0.769. The summed E-state index contributed by atoms with van der Waals surface area (Å²) in [7, 11) is 0. The van der Waals surface area contributed by atoms with Crippen LogP contribution in [-0.4, -0.2) is 42.5 Å². The highest BCUT2D eigenvalue weighted by atomic mass is 16.1. The van der Waals surface area contributed by atoms with Gasteiger partial charge in [0.05, 0.1) is 0 Å². The summed E-state index contributed by atoms with van der Waals surface area (Å²) in [5, 5.41) is 3.15. The standard InChI is InChI=1S/C14H27N3O/c1-2-7-17-8-5-12(6-9-17)16-14(18)10-13(15)11-3-4-11/h11-13H,2-10,15H2,1H3,(H,16,18). The number of carbonyl (C=O) groups is 1. The SMILES string of the molecule is CCCN1CCC(NC(=O)CC(N)C2CC2)CC1. The molecule has 0 radical (unpaired) electrons. The molecule has 1 aliphatic carbocycles. The van der Waals surface area contributed by atoms with Crippen LogP contribution in [0.3, 0.4) is 0 Å². The monoisotopic (exact) mass is 253 g/mol. The van der Waals surface area contributed by atoms with Gasteiger partial charge in [0.25, 0.3) is 0 Å². The number of likely N-dealkylation sites (tertiary alicyclic amines) is 1. The molecule has 2 aliphatic rings. The van der Waals surface area contributed by atoms with Crippen molar-refractivity contribution in [3.63, 3.8) is 0 Å². The second kappa shape index (κ2) is 6.53. The van der Waals surface area contributed by atoms with Gasteiger partial charge in [-0.05, 0) is 44.6 Å². The number of hydrogen-bond acceptors (Lipinski definition) is 3. The topological polar surface area (TPSA) is 58.4 Å². The highest BCUT2D eigenvalue weighted by Crippen LogP contribution is 2.32. The molecule has 1 aliphatic heterocycles. The molecule has 0 spiro atoms. The normalized spacial score (nSPS) is 23.9. The number of nitrogens with one attached hydrogen (secondary N) is 1. The van der Waals surface area contributed by atoms with Crippen molar-refractivity contribution in [2.45, 2.75) is 57.5 Å². The van der Waals surface area contributed by atoms with Crippen molar-refractivity contribution < 1.29 is 4.79 Å². The Morgan fingerprint density at radius 2 is 2.00 bits per heavy atom. The maximum atomic E-state index is 11.9. The first kappa shape index (κ1) is 13.8. The van der Waals surface area contributed by atoms with Crippen molar-refractivity contribution in [3.05, 3.63) is 0 Å². The van der Waals surface area contributed by atoms with Gasteiger partial charge in [0.15, 0.2) is 0 Å². The zero-order chi connectivity index (χ0) is 13.0. The van der Waals surface area contributed by atoms with E-state index in [0.29, 0.717) is 18.4 Å². The Hall–Kier alpha value is -0.610. The van der Waals surface area contributed by atoms with Crippen molar-refractivity contribution >= 4 is 5.91 Å². The average molecular weight is 253 g/mol. The van der Waals surface area contributed by atoms with Crippen LogP contribution in [0.5, 0.6) is 0 Å². The van der Waals surface area contributed by atoms with Crippen LogP contribution in [0.4, 0.5) is 0 Å². The third-order valence-corrected chi connectivity index (χ3v) is 4.14. The van der Waals surface area contributed by atoms with Crippen LogP contribution in [-0.2, 0) is 4.79 Å². The van der Waals surface area contributed by atoms with Gasteiger partial charge in [-0.2, -0.15) is 0 Å². The van der Waals surface area contributed by atoms with Crippen molar-refractivity contribution in [3.8, 4) is 0 Å². The fourth-order valence-electron chi connectivity index (χ4n) is 2.81. The Kier molecular flexibility index (Phi) is 5.01. The Balaban J connectivity index is 1.62. The molecule has 0 aromatic heterocycles. The zero-order valence-corrected chi connectivity index (χ0v) is 11.5. The van der Waals surface area contributed by atoms with Crippen LogP contribution in [0.25, 0.3) is 0 Å². The molecular formula is C14H27N3O. The van der Waals surface area contributed by atoms with E-state index in [9.17, 15) is 4.79 Å². The first-order valence-corrected chi connectivity index (χ1v) is 7.46. The maximum absolute atomic E-state index is 11.9. The number of carbonyl (C=O) groups excluding carboxylic acids is 1. The minimum atomic E-state index is 0.0881. The van der Waals surface area contributed by atoms with E-state index in [1.54, 1.807) is 0 Å². The van der Waals surface area contributed by atoms with Gasteiger partial charge in [-0.25, -0.2) is 0 Å². The molecule has 4 heteroatoms. The quantitative estimate of drug-likeness (QED) is 0.745. The van der Waals surface area contributed by atoms with Crippen molar-refractivity contribution in [2.75, 3.05) is 19.6 Å². The Bertz CT molecular complexity index is 270. The molecule has 104 valence electrons. The van der Waals surface area contributed by atoms with Gasteiger partial charge in [0.1, 0.15) is 0 Å². The summed E-state index contributed by atoms with van der Waals surface area (Å²) in [4.78, 5) is 14.3. The minimum Gasteiger partial charge on any atom is -0.353 e. The summed E-state index contributed by atoms with van der Waals surface area (Å²) in [6, 6.07) is 0.460. The van der Waals surface area contributed by atoms with Crippen molar-refractivity contribution in [2.24, 2.45) is 11.7 Å². The molecular weight excluding hydrogens is 226 g/mol. The molecule has 1 unspecified atom stereocenters. The number of amides is 1. The zero-order valence-electron chi connectivity index (χ0n) is 11.5. The smallest absolute Gasteiger partial charge is 0.221 e. The Labute approximate surface area is 110 Å². The highest BCUT2D eigenvalue weighted by Gasteiger charge is 2.30. The summed E-state index contributed by atoms with van der Waals surface area (Å²) in [5.41, 5.74) is 5.98. The van der Waals surface area contributed by atoms with Crippen LogP contribution in [0.2, 0.25) is 0 Å². The van der Waals surface area contributed by atoms with Gasteiger partial charge in [-0.15, -0.1) is 0 Å². The predicted molar refractivity (Wildman–Crippen MR) is 73.2 cm³/mol. The van der Waals surface area contributed by atoms with Crippen molar-refractivity contribution in [1.29, 1.82) is 0 Å². The third-order valence-electron chi connectivity index (χ3n) is 4.14. The van der Waals surface area contributed by atoms with E-state index in [-0.39, 0.29) is 11.9 Å². The summed E-state index contributed by atoms with van der Waals surface area (Å²) < 4.78 is 0. The second-order valence-electron chi connectivity index (χ2n) is 5.89. The molecule has 1 atom stereocenters. The fourth-order valence-corrected chi connectivity index (χ4v) is 2.81. The second-order valence-corrected chi connectivity index (χ2v) is 5.89. The molecule has 1 amide bonds. The summed E-state index contributed by atoms with van der Waals surface area (Å²) in [6.45, 7) is 5.64. The molecule has 0 bridgehead atoms. The lowest BCUT2D eigenvalue weighted by Gasteiger charge is -2.32. The number of piperidine rings is 1. The molecule has 2 fully saturated rings.